The molecule has 0 saturated carbocycles. The molecule has 0 radical (unpaired) electrons. The smallest absolute Gasteiger partial charge is 0.0972 e. The molecule has 4 aromatic heterocycles. The zero-order valence-corrected chi connectivity index (χ0v) is 25.2. The summed E-state index contributed by atoms with van der Waals surface area (Å²) in [5.41, 5.74) is 7.68. The molecule has 0 atom stereocenters. The summed E-state index contributed by atoms with van der Waals surface area (Å²) in [5, 5.41) is 15.7. The maximum absolute atomic E-state index is 5.10. The molecular weight excluding hydrogens is 579 g/mol. The summed E-state index contributed by atoms with van der Waals surface area (Å²) in [6, 6.07) is 44.7. The molecular formula is C42H21N3S. The Morgan fingerprint density at radius 2 is 1.07 bits per heavy atom. The number of aromatic nitrogens is 3. The monoisotopic (exact) mass is 599 g/mol. The van der Waals surface area contributed by atoms with E-state index < -0.39 is 0 Å². The van der Waals surface area contributed by atoms with Crippen LogP contribution < -0.4 is 0 Å². The van der Waals surface area contributed by atoms with Crippen molar-refractivity contribution in [2.75, 3.05) is 0 Å². The van der Waals surface area contributed by atoms with Gasteiger partial charge in [0.1, 0.15) is 0 Å². The van der Waals surface area contributed by atoms with Gasteiger partial charge in [-0.05, 0) is 76.1 Å². The molecule has 0 aliphatic heterocycles. The van der Waals surface area contributed by atoms with E-state index in [-0.39, 0.29) is 0 Å². The number of rotatable bonds is 2. The fourth-order valence-corrected chi connectivity index (χ4v) is 9.39. The van der Waals surface area contributed by atoms with Crippen molar-refractivity contribution in [2.24, 2.45) is 0 Å². The van der Waals surface area contributed by atoms with Gasteiger partial charge >= 0.3 is 0 Å². The minimum Gasteiger partial charge on any atom is -0.309 e. The minimum atomic E-state index is 0.943. The van der Waals surface area contributed by atoms with Crippen LogP contribution in [0, 0.1) is 0 Å². The van der Waals surface area contributed by atoms with Crippen molar-refractivity contribution in [2.45, 2.75) is 0 Å². The molecule has 210 valence electrons. The largest absolute Gasteiger partial charge is 0.309 e. The van der Waals surface area contributed by atoms with Gasteiger partial charge < -0.3 is 4.57 Å². The summed E-state index contributed by atoms with van der Waals surface area (Å²) < 4.78 is 5.24. The van der Waals surface area contributed by atoms with Crippen molar-refractivity contribution in [3.05, 3.63) is 128 Å². The Hall–Kier alpha value is -5.84. The normalized spacial score (nSPS) is 12.8. The van der Waals surface area contributed by atoms with Crippen molar-refractivity contribution in [1.29, 1.82) is 0 Å². The maximum atomic E-state index is 5.10. The lowest BCUT2D eigenvalue weighted by Crippen LogP contribution is -1.94. The molecule has 0 N–H and O–H groups in total. The third-order valence-corrected chi connectivity index (χ3v) is 11.4. The molecule has 0 aliphatic rings. The van der Waals surface area contributed by atoms with E-state index in [1.54, 1.807) is 0 Å². The average Bonchev–Trinajstić information content (AvgIpc) is 3.67. The van der Waals surface area contributed by atoms with Gasteiger partial charge in [-0.3, -0.25) is 4.98 Å². The Kier molecular flexibility index (Phi) is 4.12. The molecule has 3 nitrogen and oxygen atoms in total. The van der Waals surface area contributed by atoms with Gasteiger partial charge in [0.25, 0.3) is 0 Å². The summed E-state index contributed by atoms with van der Waals surface area (Å²) in [7, 11) is 0. The molecule has 0 saturated heterocycles. The first kappa shape index (κ1) is 23.5. The number of pyridine rings is 2. The van der Waals surface area contributed by atoms with Crippen LogP contribution in [0.3, 0.4) is 0 Å². The highest BCUT2D eigenvalue weighted by Gasteiger charge is 2.25. The van der Waals surface area contributed by atoms with E-state index in [1.165, 1.54) is 80.0 Å². The van der Waals surface area contributed by atoms with Crippen LogP contribution in [0.15, 0.2) is 128 Å². The zero-order chi connectivity index (χ0) is 29.7. The van der Waals surface area contributed by atoms with Crippen molar-refractivity contribution >= 4 is 107 Å². The molecule has 0 aliphatic carbocycles. The lowest BCUT2D eigenvalue weighted by molar-refractivity contribution is 1.19. The summed E-state index contributed by atoms with van der Waals surface area (Å²) >= 11 is 1.92. The third-order valence-electron chi connectivity index (χ3n) is 10.3. The molecule has 0 spiro atoms. The van der Waals surface area contributed by atoms with Crippen LogP contribution in [-0.2, 0) is 0 Å². The summed E-state index contributed by atoms with van der Waals surface area (Å²) in [6.45, 7) is 0. The van der Waals surface area contributed by atoms with E-state index in [2.05, 4.69) is 125 Å². The molecule has 12 rings (SSSR count). The Labute approximate surface area is 265 Å². The Bertz CT molecular complexity index is 3090. The second-order valence-corrected chi connectivity index (χ2v) is 13.7. The van der Waals surface area contributed by atoms with E-state index in [0.717, 1.165) is 33.1 Å². The minimum absolute atomic E-state index is 0.943. The van der Waals surface area contributed by atoms with Gasteiger partial charge in [-0.2, -0.15) is 0 Å². The SMILES string of the molecule is c1cnc2c(c1)ccc1ccc(-c3ccc4cc(-n5c6ccc7ccc8sc9ccc%10ccc5c5c%10c9c8c7c56)ccc4c3)nc12. The molecule has 8 aromatic carbocycles. The quantitative estimate of drug-likeness (QED) is 0.146. The molecule has 0 bridgehead atoms. The van der Waals surface area contributed by atoms with Gasteiger partial charge in [0.2, 0.25) is 0 Å². The fourth-order valence-electron chi connectivity index (χ4n) is 8.26. The molecule has 0 amide bonds. The predicted octanol–water partition coefficient (Wildman–Crippen LogP) is 11.7. The molecule has 46 heavy (non-hydrogen) atoms. The number of nitrogens with zero attached hydrogens (tertiary/aromatic N) is 3. The Morgan fingerprint density at radius 1 is 0.457 bits per heavy atom. The highest BCUT2D eigenvalue weighted by Crippen LogP contribution is 2.52. The highest BCUT2D eigenvalue weighted by molar-refractivity contribution is 7.26. The summed E-state index contributed by atoms with van der Waals surface area (Å²) in [4.78, 5) is 9.75. The molecule has 0 fully saturated rings. The van der Waals surface area contributed by atoms with Crippen molar-refractivity contribution in [1.82, 2.24) is 14.5 Å². The van der Waals surface area contributed by atoms with Crippen molar-refractivity contribution < 1.29 is 0 Å². The lowest BCUT2D eigenvalue weighted by atomic mass is 9.90. The fraction of sp³-hybridized carbons (Fsp3) is 0. The Balaban J connectivity index is 1.08. The van der Waals surface area contributed by atoms with Gasteiger partial charge in [-0.15, -0.1) is 11.3 Å². The standard InChI is InChI=1S/C42H21N3S/c1-2-24-3-4-25-8-14-30(44-42(25)41(24)43-19-1)28-6-5-27-21-29(13-7-26(27)20-28)45-31-15-9-22-11-17-33-39-35(22)37(31)38-32(45)16-10-23-12-18-34(46-33)40(39)36(23)38/h1-21H. The summed E-state index contributed by atoms with van der Waals surface area (Å²) in [6.07, 6.45) is 1.84. The van der Waals surface area contributed by atoms with Crippen LogP contribution >= 0.6 is 11.3 Å². The van der Waals surface area contributed by atoms with Gasteiger partial charge in [0.05, 0.1) is 27.8 Å². The van der Waals surface area contributed by atoms with Crippen LogP contribution in [0.1, 0.15) is 0 Å². The van der Waals surface area contributed by atoms with Gasteiger partial charge in [-0.25, -0.2) is 4.98 Å². The topological polar surface area (TPSA) is 30.7 Å². The first-order chi connectivity index (χ1) is 22.8. The molecule has 0 unspecified atom stereocenters. The lowest BCUT2D eigenvalue weighted by Gasteiger charge is -2.11. The van der Waals surface area contributed by atoms with E-state index in [1.807, 2.05) is 23.6 Å². The van der Waals surface area contributed by atoms with Crippen LogP contribution in [0.2, 0.25) is 0 Å². The van der Waals surface area contributed by atoms with E-state index in [4.69, 9.17) is 4.98 Å². The van der Waals surface area contributed by atoms with Gasteiger partial charge in [0.15, 0.2) is 0 Å². The van der Waals surface area contributed by atoms with E-state index in [0.29, 0.717) is 0 Å². The maximum Gasteiger partial charge on any atom is 0.0972 e. The van der Waals surface area contributed by atoms with E-state index in [9.17, 15) is 0 Å². The number of hydrogen-bond donors (Lipinski definition) is 0. The van der Waals surface area contributed by atoms with Gasteiger partial charge in [0, 0.05) is 69.9 Å². The van der Waals surface area contributed by atoms with Crippen LogP contribution in [0.5, 0.6) is 0 Å². The van der Waals surface area contributed by atoms with Crippen molar-refractivity contribution in [3.8, 4) is 16.9 Å². The number of thiophene rings is 1. The van der Waals surface area contributed by atoms with E-state index >= 15 is 0 Å². The second-order valence-electron chi connectivity index (χ2n) is 12.6. The third kappa shape index (κ3) is 2.80. The van der Waals surface area contributed by atoms with Crippen LogP contribution in [0.25, 0.3) is 113 Å². The molecule has 4 heterocycles. The van der Waals surface area contributed by atoms with Crippen LogP contribution in [0.4, 0.5) is 0 Å². The van der Waals surface area contributed by atoms with Crippen molar-refractivity contribution in [3.63, 3.8) is 0 Å². The first-order valence-corrected chi connectivity index (χ1v) is 16.5. The molecule has 4 heteroatoms. The van der Waals surface area contributed by atoms with Crippen LogP contribution in [-0.4, -0.2) is 14.5 Å². The number of hydrogen-bond acceptors (Lipinski definition) is 3. The molecule has 12 aromatic rings. The zero-order valence-electron chi connectivity index (χ0n) is 24.4. The highest BCUT2D eigenvalue weighted by atomic mass is 32.1. The second kappa shape index (κ2) is 8.05. The first-order valence-electron chi connectivity index (χ1n) is 15.7. The predicted molar refractivity (Wildman–Crippen MR) is 196 cm³/mol. The summed E-state index contributed by atoms with van der Waals surface area (Å²) in [5.74, 6) is 0. The average molecular weight is 600 g/mol. The Morgan fingerprint density at radius 3 is 1.83 bits per heavy atom. The number of fused-ring (bicyclic) bond motifs is 4. The number of benzene rings is 8. The van der Waals surface area contributed by atoms with Gasteiger partial charge in [-0.1, -0.05) is 66.7 Å².